The van der Waals surface area contributed by atoms with Crippen molar-refractivity contribution in [3.63, 3.8) is 0 Å². The van der Waals surface area contributed by atoms with E-state index in [1.165, 1.54) is 0 Å². The normalized spacial score (nSPS) is 10.5. The second-order valence-electron chi connectivity index (χ2n) is 3.82. The highest BCUT2D eigenvalue weighted by molar-refractivity contribution is 5.60. The Hall–Kier alpha value is -2.17. The molecule has 88 valence electrons. The van der Waals surface area contributed by atoms with Gasteiger partial charge in [0, 0.05) is 18.0 Å². The summed E-state index contributed by atoms with van der Waals surface area (Å²) in [5.74, 6) is 0.754. The third-order valence-corrected chi connectivity index (χ3v) is 2.70. The van der Waals surface area contributed by atoms with Gasteiger partial charge in [-0.2, -0.15) is 0 Å². The van der Waals surface area contributed by atoms with Gasteiger partial charge in [-0.25, -0.2) is 4.98 Å². The highest BCUT2D eigenvalue weighted by atomic mass is 16.1. The number of nitrogen functional groups attached to an aromatic ring is 1. The van der Waals surface area contributed by atoms with Crippen LogP contribution in [-0.2, 0) is 6.42 Å². The Morgan fingerprint density at radius 1 is 1.47 bits per heavy atom. The van der Waals surface area contributed by atoms with Gasteiger partial charge in [0.25, 0.3) is 5.56 Å². The number of hydrogen-bond donors (Lipinski definition) is 2. The molecule has 0 aliphatic carbocycles. The lowest BCUT2D eigenvalue weighted by atomic mass is 10.1. The predicted octanol–water partition coefficient (Wildman–Crippen LogP) is 1.28. The first kappa shape index (κ1) is 11.3. The molecule has 2 aromatic heterocycles. The molecule has 5 heteroatoms. The molecule has 0 spiro atoms. The fraction of sp³-hybridized carbons (Fsp3) is 0.250. The second-order valence-corrected chi connectivity index (χ2v) is 3.82. The van der Waals surface area contributed by atoms with Crippen LogP contribution in [0, 0.1) is 6.92 Å². The number of nitrogens with one attached hydrogen (secondary N) is 1. The molecule has 0 saturated carbocycles. The minimum atomic E-state index is -0.182. The number of hydrogen-bond acceptors (Lipinski definition) is 4. The van der Waals surface area contributed by atoms with E-state index in [4.69, 9.17) is 5.73 Å². The van der Waals surface area contributed by atoms with E-state index in [-0.39, 0.29) is 11.4 Å². The summed E-state index contributed by atoms with van der Waals surface area (Å²) < 4.78 is 0. The number of rotatable bonds is 2. The molecule has 0 fully saturated rings. The van der Waals surface area contributed by atoms with E-state index in [0.29, 0.717) is 17.8 Å². The van der Waals surface area contributed by atoms with Gasteiger partial charge in [0.05, 0.1) is 5.56 Å². The van der Waals surface area contributed by atoms with Crippen LogP contribution in [0.2, 0.25) is 0 Å². The maximum absolute atomic E-state index is 11.8. The van der Waals surface area contributed by atoms with Crippen LogP contribution in [0.15, 0.2) is 23.3 Å². The van der Waals surface area contributed by atoms with Crippen LogP contribution in [0.5, 0.6) is 0 Å². The second kappa shape index (κ2) is 4.37. The smallest absolute Gasteiger partial charge is 0.256 e. The van der Waals surface area contributed by atoms with Crippen LogP contribution < -0.4 is 11.3 Å². The van der Waals surface area contributed by atoms with Gasteiger partial charge >= 0.3 is 0 Å². The first-order valence-electron chi connectivity index (χ1n) is 5.43. The third-order valence-electron chi connectivity index (χ3n) is 2.70. The van der Waals surface area contributed by atoms with Crippen molar-refractivity contribution in [2.24, 2.45) is 0 Å². The number of pyridine rings is 1. The van der Waals surface area contributed by atoms with Gasteiger partial charge in [0.15, 0.2) is 0 Å². The summed E-state index contributed by atoms with van der Waals surface area (Å²) >= 11 is 0. The molecule has 2 aromatic rings. The number of nitrogens with zero attached hydrogens (tertiary/aromatic N) is 2. The molecule has 3 N–H and O–H groups in total. The quantitative estimate of drug-likeness (QED) is 0.814. The highest BCUT2D eigenvalue weighted by Gasteiger charge is 2.10. The van der Waals surface area contributed by atoms with Gasteiger partial charge in [-0.15, -0.1) is 0 Å². The van der Waals surface area contributed by atoms with Crippen LogP contribution in [0.1, 0.15) is 18.1 Å². The average Bonchev–Trinajstić information content (AvgIpc) is 2.29. The van der Waals surface area contributed by atoms with Crippen molar-refractivity contribution in [3.05, 3.63) is 39.9 Å². The summed E-state index contributed by atoms with van der Waals surface area (Å²) in [6, 6.07) is 1.86. The first-order valence-corrected chi connectivity index (χ1v) is 5.43. The zero-order chi connectivity index (χ0) is 12.4. The van der Waals surface area contributed by atoms with Crippen molar-refractivity contribution in [2.75, 3.05) is 5.73 Å². The van der Waals surface area contributed by atoms with Crippen molar-refractivity contribution >= 4 is 5.82 Å². The molecule has 0 unspecified atom stereocenters. The molecule has 2 heterocycles. The SMILES string of the molecule is CCc1c(N)nc(-c2cnccc2C)[nH]c1=O. The van der Waals surface area contributed by atoms with E-state index in [1.54, 1.807) is 12.4 Å². The molecule has 0 bridgehead atoms. The highest BCUT2D eigenvalue weighted by Crippen LogP contribution is 2.18. The van der Waals surface area contributed by atoms with Crippen molar-refractivity contribution < 1.29 is 0 Å². The van der Waals surface area contributed by atoms with Gasteiger partial charge in [-0.3, -0.25) is 9.78 Å². The van der Waals surface area contributed by atoms with Gasteiger partial charge in [0.1, 0.15) is 11.6 Å². The molecule has 0 radical (unpaired) electrons. The number of aromatic amines is 1. The van der Waals surface area contributed by atoms with E-state index >= 15 is 0 Å². The molecular weight excluding hydrogens is 216 g/mol. The standard InChI is InChI=1S/C12H14N4O/c1-3-8-10(13)15-11(16-12(8)17)9-6-14-5-4-7(9)2/h4-6H,3H2,1-2H3,(H3,13,15,16,17). The average molecular weight is 230 g/mol. The molecule has 0 atom stereocenters. The number of nitrogens with two attached hydrogens (primary N) is 1. The Labute approximate surface area is 98.7 Å². The molecule has 0 aliphatic rings. The van der Waals surface area contributed by atoms with E-state index in [9.17, 15) is 4.79 Å². The van der Waals surface area contributed by atoms with E-state index in [2.05, 4.69) is 15.0 Å². The van der Waals surface area contributed by atoms with Crippen molar-refractivity contribution in [1.29, 1.82) is 0 Å². The monoisotopic (exact) mass is 230 g/mol. The lowest BCUT2D eigenvalue weighted by Crippen LogP contribution is -2.17. The van der Waals surface area contributed by atoms with Gasteiger partial charge in [-0.1, -0.05) is 6.92 Å². The Balaban J connectivity index is 2.63. The van der Waals surface area contributed by atoms with Crippen molar-refractivity contribution in [3.8, 4) is 11.4 Å². The molecule has 0 aliphatic heterocycles. The minimum absolute atomic E-state index is 0.182. The van der Waals surface area contributed by atoms with Gasteiger partial charge in [-0.05, 0) is 25.0 Å². The van der Waals surface area contributed by atoms with E-state index < -0.39 is 0 Å². The lowest BCUT2D eigenvalue weighted by Gasteiger charge is -2.07. The summed E-state index contributed by atoms with van der Waals surface area (Å²) in [5, 5.41) is 0. The van der Waals surface area contributed by atoms with Crippen LogP contribution in [0.25, 0.3) is 11.4 Å². The van der Waals surface area contributed by atoms with Crippen LogP contribution in [0.3, 0.4) is 0 Å². The number of aryl methyl sites for hydroxylation is 1. The Morgan fingerprint density at radius 3 is 2.82 bits per heavy atom. The molecule has 0 saturated heterocycles. The lowest BCUT2D eigenvalue weighted by molar-refractivity contribution is 1.02. The maximum atomic E-state index is 11.8. The van der Waals surface area contributed by atoms with Crippen molar-refractivity contribution in [2.45, 2.75) is 20.3 Å². The predicted molar refractivity (Wildman–Crippen MR) is 66.6 cm³/mol. The fourth-order valence-corrected chi connectivity index (χ4v) is 1.70. The number of aromatic nitrogens is 3. The molecule has 5 nitrogen and oxygen atoms in total. The van der Waals surface area contributed by atoms with E-state index in [1.807, 2.05) is 19.9 Å². The molecular formula is C12H14N4O. The number of anilines is 1. The minimum Gasteiger partial charge on any atom is -0.383 e. The largest absolute Gasteiger partial charge is 0.383 e. The first-order chi connectivity index (χ1) is 8.13. The van der Waals surface area contributed by atoms with Gasteiger partial charge < -0.3 is 10.7 Å². The summed E-state index contributed by atoms with van der Waals surface area (Å²) in [6.07, 6.45) is 3.93. The Bertz CT molecular complexity index is 604. The summed E-state index contributed by atoms with van der Waals surface area (Å²) in [7, 11) is 0. The topological polar surface area (TPSA) is 84.7 Å². The van der Waals surface area contributed by atoms with Crippen LogP contribution in [0.4, 0.5) is 5.82 Å². The Morgan fingerprint density at radius 2 is 2.24 bits per heavy atom. The zero-order valence-electron chi connectivity index (χ0n) is 9.82. The van der Waals surface area contributed by atoms with Gasteiger partial charge in [0.2, 0.25) is 0 Å². The van der Waals surface area contributed by atoms with Crippen LogP contribution >= 0.6 is 0 Å². The summed E-state index contributed by atoms with van der Waals surface area (Å²) in [4.78, 5) is 22.8. The molecule has 0 aromatic carbocycles. The van der Waals surface area contributed by atoms with Crippen molar-refractivity contribution in [1.82, 2.24) is 15.0 Å². The number of H-pyrrole nitrogens is 1. The molecule has 2 rings (SSSR count). The Kier molecular flexibility index (Phi) is 2.91. The molecule has 17 heavy (non-hydrogen) atoms. The summed E-state index contributed by atoms with van der Waals surface area (Å²) in [6.45, 7) is 3.80. The molecule has 0 amide bonds. The third kappa shape index (κ3) is 2.04. The van der Waals surface area contributed by atoms with Crippen LogP contribution in [-0.4, -0.2) is 15.0 Å². The van der Waals surface area contributed by atoms with E-state index in [0.717, 1.165) is 11.1 Å². The fourth-order valence-electron chi connectivity index (χ4n) is 1.70. The summed E-state index contributed by atoms with van der Waals surface area (Å²) in [5.41, 5.74) is 7.89. The zero-order valence-corrected chi connectivity index (χ0v) is 9.82. The maximum Gasteiger partial charge on any atom is 0.256 e.